The Morgan fingerprint density at radius 3 is 2.42 bits per heavy atom. The van der Waals surface area contributed by atoms with Crippen molar-refractivity contribution < 1.29 is 31.5 Å². The van der Waals surface area contributed by atoms with Crippen molar-refractivity contribution in [3.8, 4) is 16.9 Å². The van der Waals surface area contributed by atoms with E-state index >= 15 is 8.78 Å². The number of pyridine rings is 1. The van der Waals surface area contributed by atoms with Gasteiger partial charge in [-0.25, -0.2) is 8.78 Å². The van der Waals surface area contributed by atoms with E-state index in [1.165, 1.54) is 41.6 Å². The lowest BCUT2D eigenvalue weighted by Gasteiger charge is -2.22. The molecule has 1 atom stereocenters. The van der Waals surface area contributed by atoms with E-state index in [4.69, 9.17) is 9.57 Å². The SMILES string of the molecule is CCOc1cccc(-c2c(C)c(Cc3c(F)cccc3C(F)(F)F)c3n(c2=O)C(C(=NOC)c2ccccc2)CS3)c1F. The van der Waals surface area contributed by atoms with Gasteiger partial charge in [0, 0.05) is 28.9 Å². The zero-order valence-corrected chi connectivity index (χ0v) is 24.3. The number of oxime groups is 1. The fraction of sp³-hybridized carbons (Fsp3) is 0.250. The van der Waals surface area contributed by atoms with E-state index in [0.717, 1.165) is 18.2 Å². The number of fused-ring (bicyclic) bond motifs is 1. The molecule has 1 aromatic heterocycles. The predicted molar refractivity (Wildman–Crippen MR) is 156 cm³/mol. The van der Waals surface area contributed by atoms with Crippen molar-refractivity contribution in [1.29, 1.82) is 0 Å². The van der Waals surface area contributed by atoms with Crippen molar-refractivity contribution in [1.82, 2.24) is 4.57 Å². The minimum Gasteiger partial charge on any atom is -0.491 e. The van der Waals surface area contributed by atoms with Gasteiger partial charge in [0.25, 0.3) is 5.56 Å². The van der Waals surface area contributed by atoms with Crippen molar-refractivity contribution in [3.63, 3.8) is 0 Å². The van der Waals surface area contributed by atoms with E-state index in [0.29, 0.717) is 16.3 Å². The van der Waals surface area contributed by atoms with Crippen LogP contribution >= 0.6 is 11.8 Å². The molecular formula is C32H27F5N2O3S. The average molecular weight is 615 g/mol. The number of aromatic nitrogens is 1. The molecule has 5 nitrogen and oxygen atoms in total. The van der Waals surface area contributed by atoms with Crippen LogP contribution in [-0.4, -0.2) is 29.7 Å². The Hall–Kier alpha value is -4.12. The quantitative estimate of drug-likeness (QED) is 0.115. The first-order chi connectivity index (χ1) is 20.6. The molecule has 1 aliphatic heterocycles. The third kappa shape index (κ3) is 5.65. The minimum atomic E-state index is -4.82. The molecule has 0 bridgehead atoms. The Morgan fingerprint density at radius 1 is 1.02 bits per heavy atom. The van der Waals surface area contributed by atoms with Gasteiger partial charge in [0.15, 0.2) is 11.6 Å². The highest BCUT2D eigenvalue weighted by Crippen LogP contribution is 2.43. The predicted octanol–water partition coefficient (Wildman–Crippen LogP) is 7.81. The summed E-state index contributed by atoms with van der Waals surface area (Å²) in [6.45, 7) is 3.41. The molecule has 11 heteroatoms. The second-order valence-electron chi connectivity index (χ2n) is 9.80. The number of hydrogen-bond acceptors (Lipinski definition) is 5. The zero-order chi connectivity index (χ0) is 30.9. The van der Waals surface area contributed by atoms with E-state index in [9.17, 15) is 18.0 Å². The van der Waals surface area contributed by atoms with Crippen LogP contribution in [0.4, 0.5) is 22.0 Å². The molecular weight excluding hydrogens is 587 g/mol. The van der Waals surface area contributed by atoms with Crippen LogP contribution in [0.15, 0.2) is 81.7 Å². The van der Waals surface area contributed by atoms with Gasteiger partial charge >= 0.3 is 6.18 Å². The lowest BCUT2D eigenvalue weighted by atomic mass is 9.92. The van der Waals surface area contributed by atoms with Gasteiger partial charge in [-0.1, -0.05) is 53.7 Å². The highest BCUT2D eigenvalue weighted by Gasteiger charge is 2.38. The number of halogens is 5. The fourth-order valence-corrected chi connectivity index (χ4v) is 6.76. The number of hydrogen-bond donors (Lipinski definition) is 0. The summed E-state index contributed by atoms with van der Waals surface area (Å²) in [4.78, 5) is 19.5. The maximum Gasteiger partial charge on any atom is 0.416 e. The number of rotatable bonds is 8. The molecule has 4 aromatic rings. The van der Waals surface area contributed by atoms with Gasteiger partial charge in [-0.3, -0.25) is 9.36 Å². The van der Waals surface area contributed by atoms with Crippen molar-refractivity contribution >= 4 is 17.5 Å². The third-order valence-electron chi connectivity index (χ3n) is 7.31. The molecule has 1 aliphatic rings. The summed E-state index contributed by atoms with van der Waals surface area (Å²) in [7, 11) is 1.37. The Kier molecular flexibility index (Phi) is 8.64. The van der Waals surface area contributed by atoms with Crippen LogP contribution in [0.2, 0.25) is 0 Å². The van der Waals surface area contributed by atoms with Crippen LogP contribution < -0.4 is 10.3 Å². The monoisotopic (exact) mass is 614 g/mol. The van der Waals surface area contributed by atoms with Crippen LogP contribution in [0.1, 0.15) is 40.8 Å². The summed E-state index contributed by atoms with van der Waals surface area (Å²) < 4.78 is 79.7. The molecule has 0 saturated heterocycles. The molecule has 0 amide bonds. The number of benzene rings is 3. The van der Waals surface area contributed by atoms with E-state index in [1.54, 1.807) is 38.1 Å². The summed E-state index contributed by atoms with van der Waals surface area (Å²) in [6, 6.07) is 15.5. The van der Waals surface area contributed by atoms with Gasteiger partial charge in [0.1, 0.15) is 18.6 Å². The Labute approximate surface area is 248 Å². The summed E-state index contributed by atoms with van der Waals surface area (Å²) in [5.41, 5.74) is -0.778. The Bertz CT molecular complexity index is 1750. The van der Waals surface area contributed by atoms with Gasteiger partial charge in [0.2, 0.25) is 0 Å². The first-order valence-electron chi connectivity index (χ1n) is 13.4. The van der Waals surface area contributed by atoms with Gasteiger partial charge in [-0.05, 0) is 43.2 Å². The largest absolute Gasteiger partial charge is 0.491 e. The first kappa shape index (κ1) is 30.3. The maximum atomic E-state index is 15.8. The van der Waals surface area contributed by atoms with Gasteiger partial charge in [-0.15, -0.1) is 11.8 Å². The van der Waals surface area contributed by atoms with Crippen molar-refractivity contribution in [2.45, 2.75) is 37.5 Å². The Balaban J connectivity index is 1.82. The molecule has 2 heterocycles. The maximum absolute atomic E-state index is 15.8. The van der Waals surface area contributed by atoms with Crippen molar-refractivity contribution in [3.05, 3.63) is 117 Å². The fourth-order valence-electron chi connectivity index (χ4n) is 5.39. The van der Waals surface area contributed by atoms with E-state index in [-0.39, 0.29) is 40.4 Å². The topological polar surface area (TPSA) is 52.8 Å². The zero-order valence-electron chi connectivity index (χ0n) is 23.5. The molecule has 3 aromatic carbocycles. The van der Waals surface area contributed by atoms with Crippen LogP contribution in [0, 0.1) is 18.6 Å². The number of nitrogens with zero attached hydrogens (tertiary/aromatic N) is 2. The average Bonchev–Trinajstić information content (AvgIpc) is 3.41. The highest BCUT2D eigenvalue weighted by molar-refractivity contribution is 7.99. The lowest BCUT2D eigenvalue weighted by Crippen LogP contribution is -2.32. The minimum absolute atomic E-state index is 0.0555. The normalized spacial score (nSPS) is 15.0. The molecule has 1 unspecified atom stereocenters. The van der Waals surface area contributed by atoms with Crippen LogP contribution in [0.25, 0.3) is 11.1 Å². The summed E-state index contributed by atoms with van der Waals surface area (Å²) in [6.07, 6.45) is -5.30. The molecule has 0 fully saturated rings. The molecule has 0 spiro atoms. The summed E-state index contributed by atoms with van der Waals surface area (Å²) in [5.74, 6) is -1.60. The van der Waals surface area contributed by atoms with Crippen LogP contribution in [-0.2, 0) is 17.4 Å². The number of thioether (sulfide) groups is 1. The second-order valence-corrected chi connectivity index (χ2v) is 10.8. The first-order valence-corrected chi connectivity index (χ1v) is 14.4. The van der Waals surface area contributed by atoms with Crippen LogP contribution in [0.3, 0.4) is 0 Å². The smallest absolute Gasteiger partial charge is 0.416 e. The number of alkyl halides is 3. The number of ether oxygens (including phenoxy) is 1. The molecule has 224 valence electrons. The highest BCUT2D eigenvalue weighted by atomic mass is 32.2. The molecule has 0 saturated carbocycles. The molecule has 0 N–H and O–H groups in total. The third-order valence-corrected chi connectivity index (χ3v) is 8.51. The van der Waals surface area contributed by atoms with E-state index in [2.05, 4.69) is 5.16 Å². The second kappa shape index (κ2) is 12.2. The molecule has 5 rings (SSSR count). The van der Waals surface area contributed by atoms with Gasteiger partial charge in [0.05, 0.1) is 28.8 Å². The Morgan fingerprint density at radius 2 is 1.74 bits per heavy atom. The van der Waals surface area contributed by atoms with E-state index < -0.39 is 47.0 Å². The van der Waals surface area contributed by atoms with Crippen LogP contribution in [0.5, 0.6) is 5.75 Å². The van der Waals surface area contributed by atoms with E-state index in [1.807, 2.05) is 6.07 Å². The lowest BCUT2D eigenvalue weighted by molar-refractivity contribution is -0.138. The molecule has 0 radical (unpaired) electrons. The molecule has 0 aliphatic carbocycles. The van der Waals surface area contributed by atoms with Gasteiger partial charge in [-0.2, -0.15) is 13.2 Å². The van der Waals surface area contributed by atoms with Crippen molar-refractivity contribution in [2.24, 2.45) is 5.16 Å². The molecule has 43 heavy (non-hydrogen) atoms. The standard InChI is InChI=1S/C32H27F5N2O3S/c1-4-42-26-15-8-12-20(28(26)34)27-18(2)21(16-22-23(32(35,36)37)13-9-14-24(22)33)31-39(30(27)40)25(17-43-31)29(38-41-3)19-10-6-5-7-11-19/h5-15,25H,4,16-17H2,1-3H3. The van der Waals surface area contributed by atoms with Crippen molar-refractivity contribution in [2.75, 3.05) is 19.5 Å². The van der Waals surface area contributed by atoms with Gasteiger partial charge < -0.3 is 9.57 Å². The summed E-state index contributed by atoms with van der Waals surface area (Å²) >= 11 is 1.24. The summed E-state index contributed by atoms with van der Waals surface area (Å²) in [5, 5.41) is 4.57.